The standard InChI is InChI=1S/C17H34N2/c1-17(2,3)15-10-11-19(13-15)16(12-18)14-8-6-4-5-7-9-14/h14-16H,4-13,18H2,1-3H3. The van der Waals surface area contributed by atoms with Crippen LogP contribution in [0.25, 0.3) is 0 Å². The Morgan fingerprint density at radius 1 is 1.05 bits per heavy atom. The third-order valence-electron chi connectivity index (χ3n) is 5.60. The molecule has 2 fully saturated rings. The first-order valence-electron chi connectivity index (χ1n) is 8.46. The zero-order chi connectivity index (χ0) is 13.9. The topological polar surface area (TPSA) is 29.3 Å². The molecule has 0 spiro atoms. The summed E-state index contributed by atoms with van der Waals surface area (Å²) in [6.45, 7) is 10.6. The molecule has 2 rings (SSSR count). The molecular formula is C17H34N2. The van der Waals surface area contributed by atoms with E-state index in [-0.39, 0.29) is 0 Å². The predicted molar refractivity (Wildman–Crippen MR) is 83.2 cm³/mol. The van der Waals surface area contributed by atoms with E-state index in [2.05, 4.69) is 25.7 Å². The predicted octanol–water partition coefficient (Wildman–Crippen LogP) is 3.65. The molecule has 1 aliphatic heterocycles. The van der Waals surface area contributed by atoms with Gasteiger partial charge >= 0.3 is 0 Å². The summed E-state index contributed by atoms with van der Waals surface area (Å²) in [5.74, 6) is 1.72. The Bertz CT molecular complexity index is 261. The van der Waals surface area contributed by atoms with Gasteiger partial charge in [-0.15, -0.1) is 0 Å². The van der Waals surface area contributed by atoms with E-state index in [0.717, 1.165) is 18.4 Å². The highest BCUT2D eigenvalue weighted by Gasteiger charge is 2.36. The Kier molecular flexibility index (Phi) is 5.30. The molecule has 0 aromatic heterocycles. The van der Waals surface area contributed by atoms with Crippen LogP contribution in [0.15, 0.2) is 0 Å². The molecule has 2 aliphatic rings. The van der Waals surface area contributed by atoms with E-state index in [0.29, 0.717) is 11.5 Å². The van der Waals surface area contributed by atoms with E-state index in [9.17, 15) is 0 Å². The van der Waals surface area contributed by atoms with Crippen LogP contribution in [0.3, 0.4) is 0 Å². The van der Waals surface area contributed by atoms with E-state index in [1.165, 1.54) is 58.0 Å². The number of rotatable bonds is 3. The third kappa shape index (κ3) is 3.95. The average molecular weight is 266 g/mol. The summed E-state index contributed by atoms with van der Waals surface area (Å²) in [5, 5.41) is 0. The first-order valence-corrected chi connectivity index (χ1v) is 8.46. The van der Waals surface area contributed by atoms with Gasteiger partial charge in [-0.05, 0) is 43.1 Å². The smallest absolute Gasteiger partial charge is 0.0246 e. The minimum absolute atomic E-state index is 0.456. The van der Waals surface area contributed by atoms with Gasteiger partial charge in [0.15, 0.2) is 0 Å². The van der Waals surface area contributed by atoms with Gasteiger partial charge in [-0.2, -0.15) is 0 Å². The summed E-state index contributed by atoms with van der Waals surface area (Å²) in [6.07, 6.45) is 9.94. The highest BCUT2D eigenvalue weighted by atomic mass is 15.2. The number of likely N-dealkylation sites (tertiary alicyclic amines) is 1. The first-order chi connectivity index (χ1) is 9.02. The largest absolute Gasteiger partial charge is 0.329 e. The number of nitrogens with zero attached hydrogens (tertiary/aromatic N) is 1. The fourth-order valence-electron chi connectivity index (χ4n) is 4.13. The maximum atomic E-state index is 6.15. The van der Waals surface area contributed by atoms with Gasteiger partial charge in [0.25, 0.3) is 0 Å². The molecule has 0 aromatic rings. The molecule has 2 heteroatoms. The number of hydrogen-bond acceptors (Lipinski definition) is 2. The van der Waals surface area contributed by atoms with Gasteiger partial charge < -0.3 is 5.73 Å². The van der Waals surface area contributed by atoms with Gasteiger partial charge in [-0.25, -0.2) is 0 Å². The fourth-order valence-corrected chi connectivity index (χ4v) is 4.13. The minimum atomic E-state index is 0.456. The van der Waals surface area contributed by atoms with Crippen LogP contribution in [0.2, 0.25) is 0 Å². The van der Waals surface area contributed by atoms with Crippen LogP contribution < -0.4 is 5.73 Å². The highest BCUT2D eigenvalue weighted by molar-refractivity contribution is 4.90. The van der Waals surface area contributed by atoms with Gasteiger partial charge in [0.1, 0.15) is 0 Å². The zero-order valence-corrected chi connectivity index (χ0v) is 13.3. The quantitative estimate of drug-likeness (QED) is 0.790. The lowest BCUT2D eigenvalue weighted by Gasteiger charge is -2.35. The summed E-state index contributed by atoms with van der Waals surface area (Å²) in [6, 6.07) is 0.658. The van der Waals surface area contributed by atoms with E-state index >= 15 is 0 Å². The SMILES string of the molecule is CC(C)(C)C1CCN(C(CN)C2CCCCCC2)C1. The Balaban J connectivity index is 1.94. The summed E-state index contributed by atoms with van der Waals surface area (Å²) in [5.41, 5.74) is 6.60. The van der Waals surface area contributed by atoms with Crippen LogP contribution in [-0.4, -0.2) is 30.6 Å². The summed E-state index contributed by atoms with van der Waals surface area (Å²) < 4.78 is 0. The van der Waals surface area contributed by atoms with Crippen LogP contribution in [0.5, 0.6) is 0 Å². The molecule has 0 radical (unpaired) electrons. The van der Waals surface area contributed by atoms with E-state index in [1.807, 2.05) is 0 Å². The van der Waals surface area contributed by atoms with Crippen molar-refractivity contribution < 1.29 is 0 Å². The molecule has 2 atom stereocenters. The van der Waals surface area contributed by atoms with Crippen molar-refractivity contribution in [2.24, 2.45) is 23.0 Å². The van der Waals surface area contributed by atoms with Crippen molar-refractivity contribution in [3.8, 4) is 0 Å². The molecule has 0 amide bonds. The van der Waals surface area contributed by atoms with Crippen LogP contribution in [0, 0.1) is 17.3 Å². The average Bonchev–Trinajstić information content (AvgIpc) is 2.68. The highest BCUT2D eigenvalue weighted by Crippen LogP contribution is 2.36. The Hall–Kier alpha value is -0.0800. The molecule has 1 saturated carbocycles. The lowest BCUT2D eigenvalue weighted by Crippen LogP contribution is -2.45. The first kappa shape index (κ1) is 15.3. The molecular weight excluding hydrogens is 232 g/mol. The number of nitrogens with two attached hydrogens (primary N) is 1. The van der Waals surface area contributed by atoms with Crippen molar-refractivity contribution in [2.45, 2.75) is 71.8 Å². The Morgan fingerprint density at radius 3 is 2.16 bits per heavy atom. The van der Waals surface area contributed by atoms with Gasteiger partial charge in [0, 0.05) is 19.1 Å². The summed E-state index contributed by atoms with van der Waals surface area (Å²) in [4.78, 5) is 2.73. The monoisotopic (exact) mass is 266 g/mol. The maximum absolute atomic E-state index is 6.15. The third-order valence-corrected chi connectivity index (χ3v) is 5.60. The second-order valence-corrected chi connectivity index (χ2v) is 7.90. The van der Waals surface area contributed by atoms with Crippen molar-refractivity contribution in [1.82, 2.24) is 4.90 Å². The van der Waals surface area contributed by atoms with Crippen molar-refractivity contribution in [3.63, 3.8) is 0 Å². The van der Waals surface area contributed by atoms with Crippen LogP contribution in [0.4, 0.5) is 0 Å². The molecule has 19 heavy (non-hydrogen) atoms. The van der Waals surface area contributed by atoms with Gasteiger partial charge in [0.05, 0.1) is 0 Å². The zero-order valence-electron chi connectivity index (χ0n) is 13.3. The van der Waals surface area contributed by atoms with Gasteiger partial charge in [0.2, 0.25) is 0 Å². The minimum Gasteiger partial charge on any atom is -0.329 e. The molecule has 2 nitrogen and oxygen atoms in total. The summed E-state index contributed by atoms with van der Waals surface area (Å²) >= 11 is 0. The second-order valence-electron chi connectivity index (χ2n) is 7.90. The molecule has 112 valence electrons. The molecule has 0 aromatic carbocycles. The van der Waals surface area contributed by atoms with Crippen molar-refractivity contribution in [3.05, 3.63) is 0 Å². The van der Waals surface area contributed by atoms with Crippen molar-refractivity contribution in [2.75, 3.05) is 19.6 Å². The lowest BCUT2D eigenvalue weighted by molar-refractivity contribution is 0.145. The van der Waals surface area contributed by atoms with E-state index < -0.39 is 0 Å². The van der Waals surface area contributed by atoms with Gasteiger partial charge in [-0.3, -0.25) is 4.90 Å². The van der Waals surface area contributed by atoms with E-state index in [1.54, 1.807) is 0 Å². The summed E-state index contributed by atoms with van der Waals surface area (Å²) in [7, 11) is 0. The van der Waals surface area contributed by atoms with Crippen LogP contribution in [-0.2, 0) is 0 Å². The Morgan fingerprint density at radius 2 is 1.68 bits per heavy atom. The van der Waals surface area contributed by atoms with Gasteiger partial charge in [-0.1, -0.05) is 46.5 Å². The normalized spacial score (nSPS) is 29.4. The molecule has 1 saturated heterocycles. The molecule has 1 aliphatic carbocycles. The maximum Gasteiger partial charge on any atom is 0.0246 e. The van der Waals surface area contributed by atoms with Crippen molar-refractivity contribution in [1.29, 1.82) is 0 Å². The van der Waals surface area contributed by atoms with Crippen LogP contribution >= 0.6 is 0 Å². The second kappa shape index (κ2) is 6.58. The lowest BCUT2D eigenvalue weighted by atomic mass is 9.80. The van der Waals surface area contributed by atoms with E-state index in [4.69, 9.17) is 5.73 Å². The molecule has 2 unspecified atom stereocenters. The molecule has 2 N–H and O–H groups in total. The fraction of sp³-hybridized carbons (Fsp3) is 1.00. The molecule has 0 bridgehead atoms. The Labute approximate surface area is 120 Å². The van der Waals surface area contributed by atoms with Crippen LogP contribution in [0.1, 0.15) is 65.7 Å². The number of hydrogen-bond donors (Lipinski definition) is 1. The van der Waals surface area contributed by atoms with Crippen molar-refractivity contribution >= 4 is 0 Å². The molecule has 1 heterocycles.